The van der Waals surface area contributed by atoms with E-state index in [9.17, 15) is 9.59 Å². The third kappa shape index (κ3) is 3.68. The normalized spacial score (nSPS) is 11.4. The molecule has 0 bridgehead atoms. The Morgan fingerprint density at radius 1 is 0.871 bits per heavy atom. The molecular formula is C24H20N4O2S. The van der Waals surface area contributed by atoms with Gasteiger partial charge in [-0.3, -0.25) is 13.9 Å². The molecule has 2 aromatic heterocycles. The molecule has 0 unspecified atom stereocenters. The molecule has 2 heterocycles. The molecule has 5 rings (SSSR count). The Bertz CT molecular complexity index is 1480. The predicted octanol–water partition coefficient (Wildman–Crippen LogP) is 4.21. The summed E-state index contributed by atoms with van der Waals surface area (Å²) in [7, 11) is 0. The highest BCUT2D eigenvalue weighted by molar-refractivity contribution is 7.99. The summed E-state index contributed by atoms with van der Waals surface area (Å²) in [6.07, 6.45) is 0.768. The quantitative estimate of drug-likeness (QED) is 0.250. The van der Waals surface area contributed by atoms with Crippen molar-refractivity contribution in [2.45, 2.75) is 18.1 Å². The lowest BCUT2D eigenvalue weighted by molar-refractivity contribution is 0.678. The van der Waals surface area contributed by atoms with E-state index in [0.717, 1.165) is 28.9 Å². The Morgan fingerprint density at radius 2 is 1.61 bits per heavy atom. The molecule has 0 saturated heterocycles. The third-order valence-corrected chi connectivity index (χ3v) is 6.22. The molecule has 0 spiro atoms. The van der Waals surface area contributed by atoms with Crippen molar-refractivity contribution in [3.63, 3.8) is 0 Å². The van der Waals surface area contributed by atoms with Crippen LogP contribution in [0.2, 0.25) is 0 Å². The highest BCUT2D eigenvalue weighted by atomic mass is 32.2. The first-order valence-electron chi connectivity index (χ1n) is 10.1. The van der Waals surface area contributed by atoms with Gasteiger partial charge in [0.05, 0.1) is 27.6 Å². The topological polar surface area (TPSA) is 72.7 Å². The van der Waals surface area contributed by atoms with Gasteiger partial charge in [0.2, 0.25) is 0 Å². The number of H-pyrrole nitrogens is 1. The second kappa shape index (κ2) is 8.28. The van der Waals surface area contributed by atoms with E-state index in [4.69, 9.17) is 4.98 Å². The maximum atomic E-state index is 13.2. The van der Waals surface area contributed by atoms with Crippen LogP contribution in [-0.2, 0) is 6.54 Å². The number of aromatic amines is 1. The number of benzene rings is 3. The van der Waals surface area contributed by atoms with Crippen molar-refractivity contribution in [1.29, 1.82) is 0 Å². The van der Waals surface area contributed by atoms with Crippen LogP contribution in [-0.4, -0.2) is 24.9 Å². The van der Waals surface area contributed by atoms with Gasteiger partial charge in [0.15, 0.2) is 5.16 Å². The molecule has 0 aliphatic rings. The average molecular weight is 429 g/mol. The van der Waals surface area contributed by atoms with Crippen molar-refractivity contribution in [1.82, 2.24) is 19.1 Å². The second-order valence-corrected chi connectivity index (χ2v) is 8.25. The summed E-state index contributed by atoms with van der Waals surface area (Å²) in [6, 6.07) is 24.7. The number of nitrogens with one attached hydrogen (secondary N) is 1. The zero-order chi connectivity index (χ0) is 21.2. The molecule has 0 saturated carbocycles. The number of aromatic nitrogens is 4. The van der Waals surface area contributed by atoms with Crippen LogP contribution in [0.3, 0.4) is 0 Å². The summed E-state index contributed by atoms with van der Waals surface area (Å²) in [5, 5.41) is 1.25. The summed E-state index contributed by atoms with van der Waals surface area (Å²) in [4.78, 5) is 33.1. The van der Waals surface area contributed by atoms with Gasteiger partial charge in [0.25, 0.3) is 5.56 Å². The van der Waals surface area contributed by atoms with Crippen LogP contribution in [0.25, 0.3) is 27.6 Å². The predicted molar refractivity (Wildman–Crippen MR) is 125 cm³/mol. The maximum absolute atomic E-state index is 13.2. The zero-order valence-corrected chi connectivity index (χ0v) is 17.5. The van der Waals surface area contributed by atoms with Crippen LogP contribution in [0.1, 0.15) is 6.42 Å². The lowest BCUT2D eigenvalue weighted by Gasteiger charge is -2.13. The van der Waals surface area contributed by atoms with Gasteiger partial charge >= 0.3 is 5.69 Å². The standard InChI is InChI=1S/C24H20N4O2S/c29-22-18-11-4-5-12-19(18)26-24(28(22)17-9-2-1-3-10-17)31-16-8-15-27-21-14-7-6-13-20(21)25-23(27)30/h1-7,9-14H,8,15-16H2,(H,25,30). The Labute approximate surface area is 182 Å². The molecule has 0 radical (unpaired) electrons. The first kappa shape index (κ1) is 19.4. The zero-order valence-electron chi connectivity index (χ0n) is 16.7. The molecule has 0 amide bonds. The number of hydrogen-bond acceptors (Lipinski definition) is 4. The highest BCUT2D eigenvalue weighted by Crippen LogP contribution is 2.22. The van der Waals surface area contributed by atoms with Gasteiger partial charge in [-0.1, -0.05) is 54.2 Å². The van der Waals surface area contributed by atoms with Gasteiger partial charge in [-0.15, -0.1) is 0 Å². The monoisotopic (exact) mass is 428 g/mol. The van der Waals surface area contributed by atoms with Crippen molar-refractivity contribution in [2.75, 3.05) is 5.75 Å². The van der Waals surface area contributed by atoms with Gasteiger partial charge in [-0.05, 0) is 42.8 Å². The van der Waals surface area contributed by atoms with Gasteiger partial charge < -0.3 is 4.98 Å². The van der Waals surface area contributed by atoms with Gasteiger partial charge in [-0.25, -0.2) is 9.78 Å². The van der Waals surface area contributed by atoms with E-state index < -0.39 is 0 Å². The number of imidazole rings is 1. The molecule has 6 nitrogen and oxygen atoms in total. The smallest absolute Gasteiger partial charge is 0.306 e. The first-order chi connectivity index (χ1) is 15.2. The Balaban J connectivity index is 1.43. The number of aryl methyl sites for hydroxylation is 1. The fourth-order valence-corrected chi connectivity index (χ4v) is 4.67. The first-order valence-corrected chi connectivity index (χ1v) is 11.1. The molecular weight excluding hydrogens is 408 g/mol. The van der Waals surface area contributed by atoms with Crippen LogP contribution in [0.4, 0.5) is 0 Å². The van der Waals surface area contributed by atoms with Crippen molar-refractivity contribution in [3.8, 4) is 5.69 Å². The highest BCUT2D eigenvalue weighted by Gasteiger charge is 2.13. The number of rotatable bonds is 6. The maximum Gasteiger partial charge on any atom is 0.326 e. The molecule has 5 aromatic rings. The van der Waals surface area contributed by atoms with E-state index in [1.807, 2.05) is 78.9 Å². The minimum absolute atomic E-state index is 0.0767. The molecule has 0 atom stereocenters. The van der Waals surface area contributed by atoms with E-state index >= 15 is 0 Å². The molecule has 0 aliphatic heterocycles. The largest absolute Gasteiger partial charge is 0.326 e. The van der Waals surface area contributed by atoms with Crippen molar-refractivity contribution >= 4 is 33.7 Å². The van der Waals surface area contributed by atoms with Gasteiger partial charge in [-0.2, -0.15) is 0 Å². The number of nitrogens with zero attached hydrogens (tertiary/aromatic N) is 3. The van der Waals surface area contributed by atoms with Gasteiger partial charge in [0, 0.05) is 12.3 Å². The summed E-state index contributed by atoms with van der Waals surface area (Å²) >= 11 is 1.53. The number of para-hydroxylation sites is 4. The SMILES string of the molecule is O=c1c2ccccc2nc(SCCCn2c(=O)[nH]c3ccccc32)n1-c1ccccc1. The summed E-state index contributed by atoms with van der Waals surface area (Å²) < 4.78 is 3.43. The molecule has 3 aromatic carbocycles. The molecule has 31 heavy (non-hydrogen) atoms. The van der Waals surface area contributed by atoms with Crippen molar-refractivity contribution in [3.05, 3.63) is 99.7 Å². The Hall–Kier alpha value is -3.58. The van der Waals surface area contributed by atoms with E-state index in [2.05, 4.69) is 4.98 Å². The van der Waals surface area contributed by atoms with Crippen LogP contribution in [0.15, 0.2) is 93.6 Å². The van der Waals surface area contributed by atoms with E-state index in [-0.39, 0.29) is 11.2 Å². The molecule has 7 heteroatoms. The third-order valence-electron chi connectivity index (χ3n) is 5.20. The summed E-state index contributed by atoms with van der Waals surface area (Å²) in [6.45, 7) is 0.596. The minimum atomic E-state index is -0.101. The number of hydrogen-bond donors (Lipinski definition) is 1. The van der Waals surface area contributed by atoms with Crippen LogP contribution >= 0.6 is 11.8 Å². The lowest BCUT2D eigenvalue weighted by Crippen LogP contribution is -2.22. The number of fused-ring (bicyclic) bond motifs is 2. The van der Waals surface area contributed by atoms with Crippen LogP contribution in [0.5, 0.6) is 0 Å². The lowest BCUT2D eigenvalue weighted by atomic mass is 10.2. The minimum Gasteiger partial charge on any atom is -0.306 e. The fourth-order valence-electron chi connectivity index (χ4n) is 3.73. The Morgan fingerprint density at radius 3 is 2.48 bits per heavy atom. The summed E-state index contributed by atoms with van der Waals surface area (Å²) in [5.74, 6) is 0.726. The van der Waals surface area contributed by atoms with Crippen molar-refractivity contribution in [2.24, 2.45) is 0 Å². The fraction of sp³-hybridized carbons (Fsp3) is 0.125. The molecule has 0 fully saturated rings. The van der Waals surface area contributed by atoms with Crippen molar-refractivity contribution < 1.29 is 0 Å². The van der Waals surface area contributed by atoms with Crippen LogP contribution < -0.4 is 11.2 Å². The Kier molecular flexibility index (Phi) is 5.18. The molecule has 0 aliphatic carbocycles. The van der Waals surface area contributed by atoms with Gasteiger partial charge in [0.1, 0.15) is 0 Å². The number of thioether (sulfide) groups is 1. The van der Waals surface area contributed by atoms with Crippen LogP contribution in [0, 0.1) is 0 Å². The van der Waals surface area contributed by atoms with E-state index in [1.165, 1.54) is 11.8 Å². The molecule has 154 valence electrons. The van der Waals surface area contributed by atoms with E-state index in [1.54, 1.807) is 9.13 Å². The summed E-state index contributed by atoms with van der Waals surface area (Å²) in [5.41, 5.74) is 3.05. The molecule has 1 N–H and O–H groups in total. The van der Waals surface area contributed by atoms with E-state index in [0.29, 0.717) is 22.6 Å². The average Bonchev–Trinajstić information content (AvgIpc) is 3.12. The second-order valence-electron chi connectivity index (χ2n) is 7.19.